The van der Waals surface area contributed by atoms with Gasteiger partial charge in [0.05, 0.1) is 25.7 Å². The maximum Gasteiger partial charge on any atom is 0.244 e. The first-order valence-corrected chi connectivity index (χ1v) is 15.3. The fraction of sp³-hybridized carbons (Fsp3) is 0.355. The van der Waals surface area contributed by atoms with Crippen LogP contribution in [0.4, 0.5) is 5.69 Å². The van der Waals surface area contributed by atoms with E-state index in [2.05, 4.69) is 5.32 Å². The van der Waals surface area contributed by atoms with Crippen LogP contribution in [-0.4, -0.2) is 63.7 Å². The monoisotopic (exact) mass is 581 g/mol. The largest absolute Gasteiger partial charge is 0.497 e. The maximum absolute atomic E-state index is 14.2. The van der Waals surface area contributed by atoms with Crippen LogP contribution in [0.2, 0.25) is 0 Å². The molecule has 1 N–H and O–H groups in total. The van der Waals surface area contributed by atoms with Crippen LogP contribution in [0.15, 0.2) is 78.9 Å². The van der Waals surface area contributed by atoms with Gasteiger partial charge in [-0.1, -0.05) is 54.6 Å². The van der Waals surface area contributed by atoms with E-state index in [-0.39, 0.29) is 30.6 Å². The van der Waals surface area contributed by atoms with Crippen molar-refractivity contribution in [2.24, 2.45) is 0 Å². The average molecular weight is 582 g/mol. The smallest absolute Gasteiger partial charge is 0.244 e. The molecule has 1 atom stereocenters. The zero-order valence-electron chi connectivity index (χ0n) is 24.2. The Morgan fingerprint density at radius 3 is 2.22 bits per heavy atom. The first-order valence-electron chi connectivity index (χ1n) is 13.5. The number of nitrogens with one attached hydrogen (secondary N) is 1. The van der Waals surface area contributed by atoms with Crippen LogP contribution < -0.4 is 19.1 Å². The van der Waals surface area contributed by atoms with E-state index in [1.807, 2.05) is 50.2 Å². The molecule has 0 aromatic heterocycles. The Bertz CT molecular complexity index is 1410. The van der Waals surface area contributed by atoms with Gasteiger partial charge in [0.1, 0.15) is 24.1 Å². The second kappa shape index (κ2) is 14.5. The number of hydrogen-bond acceptors (Lipinski definition) is 6. The minimum atomic E-state index is -3.91. The molecule has 0 aliphatic heterocycles. The minimum Gasteiger partial charge on any atom is -0.497 e. The number of para-hydroxylation sites is 2. The highest BCUT2D eigenvalue weighted by Crippen LogP contribution is 2.30. The van der Waals surface area contributed by atoms with E-state index in [4.69, 9.17) is 9.47 Å². The molecule has 1 unspecified atom stereocenters. The number of nitrogens with zero attached hydrogens (tertiary/aromatic N) is 2. The highest BCUT2D eigenvalue weighted by atomic mass is 32.2. The average Bonchev–Trinajstić information content (AvgIpc) is 2.93. The van der Waals surface area contributed by atoms with Gasteiger partial charge < -0.3 is 19.7 Å². The van der Waals surface area contributed by atoms with Gasteiger partial charge in [-0.25, -0.2) is 8.42 Å². The van der Waals surface area contributed by atoms with Crippen molar-refractivity contribution in [3.63, 3.8) is 0 Å². The van der Waals surface area contributed by atoms with Gasteiger partial charge in [0.15, 0.2) is 0 Å². The lowest BCUT2D eigenvalue weighted by atomic mass is 10.0. The summed E-state index contributed by atoms with van der Waals surface area (Å²) in [6.45, 7) is 5.35. The van der Waals surface area contributed by atoms with Gasteiger partial charge in [0.25, 0.3) is 0 Å². The highest BCUT2D eigenvalue weighted by Gasteiger charge is 2.34. The van der Waals surface area contributed by atoms with E-state index < -0.39 is 28.5 Å². The molecule has 2 amide bonds. The summed E-state index contributed by atoms with van der Waals surface area (Å²) in [7, 11) is -2.36. The van der Waals surface area contributed by atoms with Crippen LogP contribution in [-0.2, 0) is 32.6 Å². The quantitative estimate of drug-likeness (QED) is 0.308. The Kier molecular flexibility index (Phi) is 11.2. The molecule has 0 fully saturated rings. The molecule has 220 valence electrons. The lowest BCUT2D eigenvalue weighted by molar-refractivity contribution is -0.140. The van der Waals surface area contributed by atoms with Gasteiger partial charge >= 0.3 is 0 Å². The van der Waals surface area contributed by atoms with Crippen LogP contribution in [0.5, 0.6) is 11.5 Å². The molecule has 0 aliphatic rings. The van der Waals surface area contributed by atoms with Crippen molar-refractivity contribution in [2.75, 3.05) is 30.8 Å². The summed E-state index contributed by atoms with van der Waals surface area (Å²) in [5.41, 5.74) is 1.84. The molecule has 9 nitrogen and oxygen atoms in total. The summed E-state index contributed by atoms with van der Waals surface area (Å²) in [6, 6.07) is 22.2. The normalized spacial score (nSPS) is 12.0. The lowest BCUT2D eigenvalue weighted by Crippen LogP contribution is -2.54. The zero-order valence-corrected chi connectivity index (χ0v) is 25.1. The number of rotatable bonds is 14. The van der Waals surface area contributed by atoms with E-state index in [1.165, 1.54) is 4.90 Å². The molecule has 0 bridgehead atoms. The van der Waals surface area contributed by atoms with E-state index >= 15 is 0 Å². The number of amides is 2. The van der Waals surface area contributed by atoms with Crippen LogP contribution in [0.25, 0.3) is 0 Å². The van der Waals surface area contributed by atoms with Crippen LogP contribution in [0.3, 0.4) is 0 Å². The summed E-state index contributed by atoms with van der Waals surface area (Å²) in [5.74, 6) is 0.0700. The number of hydrogen-bond donors (Lipinski definition) is 1. The van der Waals surface area contributed by atoms with Crippen molar-refractivity contribution >= 4 is 27.5 Å². The van der Waals surface area contributed by atoms with E-state index in [9.17, 15) is 18.0 Å². The predicted octanol–water partition coefficient (Wildman–Crippen LogP) is 4.02. The number of methoxy groups -OCH3 is 1. The van der Waals surface area contributed by atoms with Crippen molar-refractivity contribution in [3.8, 4) is 11.5 Å². The molecule has 0 heterocycles. The Balaban J connectivity index is 2.09. The summed E-state index contributed by atoms with van der Waals surface area (Å²) in [6.07, 6.45) is 1.28. The molecule has 0 spiro atoms. The number of ether oxygens (including phenoxy) is 2. The van der Waals surface area contributed by atoms with Crippen molar-refractivity contribution in [1.29, 1.82) is 0 Å². The summed E-state index contributed by atoms with van der Waals surface area (Å²) in [5, 5.41) is 2.94. The van der Waals surface area contributed by atoms with Crippen molar-refractivity contribution in [3.05, 3.63) is 90.0 Å². The third-order valence-corrected chi connectivity index (χ3v) is 7.43. The first kappa shape index (κ1) is 31.5. The second-order valence-corrected chi connectivity index (χ2v) is 11.8. The van der Waals surface area contributed by atoms with E-state index in [0.717, 1.165) is 21.7 Å². The fourth-order valence-corrected chi connectivity index (χ4v) is 5.29. The molecule has 3 aromatic rings. The van der Waals surface area contributed by atoms with Crippen molar-refractivity contribution in [2.45, 2.75) is 45.8 Å². The van der Waals surface area contributed by atoms with Gasteiger partial charge in [-0.2, -0.15) is 0 Å². The van der Waals surface area contributed by atoms with Gasteiger partial charge in [0.2, 0.25) is 21.8 Å². The number of anilines is 1. The Labute approximate surface area is 243 Å². The SMILES string of the molecule is CCOc1ccccc1N(CC(=O)N(Cc1cccc(OC)c1)C(Cc1ccccc1)C(=O)NC(C)C)S(C)(=O)=O. The Hall–Kier alpha value is -4.05. The standard InChI is InChI=1S/C31H39N3O6S/c1-6-40-29-18-11-10-17-27(29)34(41(5,37)38)22-30(35)33(21-25-15-12-16-26(19-25)39-4)28(31(36)32-23(2)3)20-24-13-8-7-9-14-24/h7-19,23,28H,6,20-22H2,1-5H3,(H,32,36). The van der Waals surface area contributed by atoms with Crippen LogP contribution >= 0.6 is 0 Å². The lowest BCUT2D eigenvalue weighted by Gasteiger charge is -2.34. The minimum absolute atomic E-state index is 0.0593. The third-order valence-electron chi connectivity index (χ3n) is 6.30. The summed E-state index contributed by atoms with van der Waals surface area (Å²) < 4.78 is 38.1. The van der Waals surface area contributed by atoms with Gasteiger partial charge in [-0.15, -0.1) is 0 Å². The molecule has 3 rings (SSSR count). The number of benzene rings is 3. The molecule has 3 aromatic carbocycles. The summed E-state index contributed by atoms with van der Waals surface area (Å²) in [4.78, 5) is 29.3. The zero-order chi connectivity index (χ0) is 30.0. The first-order chi connectivity index (χ1) is 19.5. The molecule has 10 heteroatoms. The molecular weight excluding hydrogens is 542 g/mol. The Morgan fingerprint density at radius 2 is 1.59 bits per heavy atom. The third kappa shape index (κ3) is 8.97. The van der Waals surface area contributed by atoms with E-state index in [1.54, 1.807) is 56.5 Å². The molecular formula is C31H39N3O6S. The molecule has 0 radical (unpaired) electrons. The molecule has 0 saturated heterocycles. The van der Waals surface area contributed by atoms with Gasteiger partial charge in [0, 0.05) is 19.0 Å². The second-order valence-electron chi connectivity index (χ2n) is 9.91. The van der Waals surface area contributed by atoms with Gasteiger partial charge in [-0.05, 0) is 56.2 Å². The fourth-order valence-electron chi connectivity index (χ4n) is 4.44. The Morgan fingerprint density at radius 1 is 0.927 bits per heavy atom. The predicted molar refractivity (Wildman–Crippen MR) is 161 cm³/mol. The summed E-state index contributed by atoms with van der Waals surface area (Å²) >= 11 is 0. The van der Waals surface area contributed by atoms with Crippen LogP contribution in [0.1, 0.15) is 31.9 Å². The van der Waals surface area contributed by atoms with Crippen molar-refractivity contribution < 1.29 is 27.5 Å². The topological polar surface area (TPSA) is 105 Å². The molecule has 0 saturated carbocycles. The van der Waals surface area contributed by atoms with Crippen molar-refractivity contribution in [1.82, 2.24) is 10.2 Å². The maximum atomic E-state index is 14.2. The number of sulfonamides is 1. The molecule has 0 aliphatic carbocycles. The van der Waals surface area contributed by atoms with Gasteiger partial charge in [-0.3, -0.25) is 13.9 Å². The highest BCUT2D eigenvalue weighted by molar-refractivity contribution is 7.92. The van der Waals surface area contributed by atoms with Crippen LogP contribution in [0, 0.1) is 0 Å². The number of carbonyl (C=O) groups excluding carboxylic acids is 2. The molecule has 41 heavy (non-hydrogen) atoms. The van der Waals surface area contributed by atoms with E-state index in [0.29, 0.717) is 18.1 Å². The number of carbonyl (C=O) groups is 2.